The van der Waals surface area contributed by atoms with Crippen molar-refractivity contribution in [2.45, 2.75) is 50.5 Å². The third kappa shape index (κ3) is 1.88. The first-order chi connectivity index (χ1) is 10.7. The first-order valence-corrected chi connectivity index (χ1v) is 8.60. The van der Waals surface area contributed by atoms with Gasteiger partial charge in [0.15, 0.2) is 0 Å². The molecule has 0 aromatic heterocycles. The van der Waals surface area contributed by atoms with Gasteiger partial charge in [-0.15, -0.1) is 0 Å². The zero-order chi connectivity index (χ0) is 15.3. The maximum absolute atomic E-state index is 12.5. The lowest BCUT2D eigenvalue weighted by Crippen LogP contribution is -2.63. The number of carbonyl (C=O) groups excluding carboxylic acids is 1. The molecular formula is C19H25NO2. The van der Waals surface area contributed by atoms with Crippen molar-refractivity contribution in [3.8, 4) is 5.75 Å². The Morgan fingerprint density at radius 3 is 3.00 bits per heavy atom. The molecule has 0 unspecified atom stereocenters. The Labute approximate surface area is 132 Å². The van der Waals surface area contributed by atoms with Crippen molar-refractivity contribution in [3.63, 3.8) is 0 Å². The van der Waals surface area contributed by atoms with Crippen LogP contribution >= 0.6 is 0 Å². The fourth-order valence-corrected chi connectivity index (χ4v) is 5.56. The summed E-state index contributed by atoms with van der Waals surface area (Å²) in [4.78, 5) is 12.5. The maximum Gasteiger partial charge on any atom is 0.134 e. The van der Waals surface area contributed by atoms with Gasteiger partial charge in [-0.25, -0.2) is 0 Å². The van der Waals surface area contributed by atoms with Crippen molar-refractivity contribution < 1.29 is 9.53 Å². The lowest BCUT2D eigenvalue weighted by molar-refractivity contribution is -0.128. The molecule has 3 heteroatoms. The Morgan fingerprint density at radius 1 is 1.36 bits per heavy atom. The first kappa shape index (κ1) is 14.3. The summed E-state index contributed by atoms with van der Waals surface area (Å²) in [7, 11) is 1.73. The number of ether oxygens (including phenoxy) is 1. The van der Waals surface area contributed by atoms with Crippen LogP contribution in [0.3, 0.4) is 0 Å². The molecule has 2 bridgehead atoms. The van der Waals surface area contributed by atoms with Crippen LogP contribution in [0.1, 0.15) is 43.7 Å². The third-order valence-electron chi connectivity index (χ3n) is 6.38. The number of carbonyl (C=O) groups is 1. The van der Waals surface area contributed by atoms with Crippen LogP contribution in [0.2, 0.25) is 0 Å². The molecule has 0 spiro atoms. The molecular weight excluding hydrogens is 274 g/mol. The highest BCUT2D eigenvalue weighted by Crippen LogP contribution is 2.56. The van der Waals surface area contributed by atoms with Crippen molar-refractivity contribution in [3.05, 3.63) is 29.3 Å². The van der Waals surface area contributed by atoms with E-state index in [1.54, 1.807) is 7.11 Å². The van der Waals surface area contributed by atoms with Gasteiger partial charge in [0.05, 0.1) is 7.11 Å². The van der Waals surface area contributed by atoms with E-state index in [1.165, 1.54) is 11.1 Å². The van der Waals surface area contributed by atoms with Gasteiger partial charge in [0, 0.05) is 24.3 Å². The number of fused-ring (bicyclic) bond motifs is 1. The molecule has 3 aliphatic rings. The molecule has 22 heavy (non-hydrogen) atoms. The van der Waals surface area contributed by atoms with Gasteiger partial charge in [0.25, 0.3) is 0 Å². The Morgan fingerprint density at radius 2 is 2.23 bits per heavy atom. The second kappa shape index (κ2) is 5.09. The van der Waals surface area contributed by atoms with Gasteiger partial charge in [-0.3, -0.25) is 4.79 Å². The van der Waals surface area contributed by atoms with E-state index in [0.29, 0.717) is 23.7 Å². The van der Waals surface area contributed by atoms with E-state index in [0.717, 1.165) is 44.4 Å². The fourth-order valence-electron chi connectivity index (χ4n) is 5.56. The van der Waals surface area contributed by atoms with Crippen LogP contribution in [0.15, 0.2) is 18.2 Å². The highest BCUT2D eigenvalue weighted by atomic mass is 16.5. The second-order valence-electron chi connectivity index (χ2n) is 7.31. The van der Waals surface area contributed by atoms with Crippen LogP contribution in [0, 0.1) is 11.8 Å². The summed E-state index contributed by atoms with van der Waals surface area (Å²) < 4.78 is 5.47. The molecule has 2 fully saturated rings. The molecule has 3 nitrogen and oxygen atoms in total. The minimum absolute atomic E-state index is 0.0497. The highest BCUT2D eigenvalue weighted by molar-refractivity contribution is 5.82. The van der Waals surface area contributed by atoms with E-state index in [9.17, 15) is 4.79 Å². The molecule has 1 saturated carbocycles. The van der Waals surface area contributed by atoms with Gasteiger partial charge in [0.2, 0.25) is 0 Å². The van der Waals surface area contributed by atoms with E-state index in [-0.39, 0.29) is 5.41 Å². The Balaban J connectivity index is 1.90. The zero-order valence-electron chi connectivity index (χ0n) is 13.5. The van der Waals surface area contributed by atoms with Gasteiger partial charge >= 0.3 is 0 Å². The van der Waals surface area contributed by atoms with E-state index in [4.69, 9.17) is 4.74 Å². The summed E-state index contributed by atoms with van der Waals surface area (Å²) in [5.41, 5.74) is 2.87. The standard InChI is InChI=1S/C19H25NO2/c1-3-12-8-14(21)11-19-6-7-20-17(18(12)19)9-13-4-5-15(22-2)10-16(13)19/h4-5,10,12,17-18,20H,3,6-9,11H2,1-2H3/t12-,17-,18+,19-/m1/s1. The van der Waals surface area contributed by atoms with Crippen LogP contribution in [-0.2, 0) is 16.6 Å². The number of piperidine rings is 1. The smallest absolute Gasteiger partial charge is 0.134 e. The molecule has 1 aromatic carbocycles. The Hall–Kier alpha value is -1.35. The number of rotatable bonds is 2. The van der Waals surface area contributed by atoms with Crippen LogP contribution in [0.4, 0.5) is 0 Å². The molecule has 4 rings (SSSR count). The Kier molecular flexibility index (Phi) is 3.30. The first-order valence-electron chi connectivity index (χ1n) is 8.60. The molecule has 2 aliphatic carbocycles. The van der Waals surface area contributed by atoms with Gasteiger partial charge in [-0.2, -0.15) is 0 Å². The molecule has 0 radical (unpaired) electrons. The molecule has 118 valence electrons. The molecule has 1 aromatic rings. The lowest BCUT2D eigenvalue weighted by Gasteiger charge is -2.58. The van der Waals surface area contributed by atoms with Gasteiger partial charge < -0.3 is 10.1 Å². The minimum atomic E-state index is 0.0497. The number of methoxy groups -OCH3 is 1. The molecule has 1 heterocycles. The minimum Gasteiger partial charge on any atom is -0.497 e. The number of hydrogen-bond donors (Lipinski definition) is 1. The maximum atomic E-state index is 12.5. The van der Waals surface area contributed by atoms with Crippen molar-refractivity contribution in [1.82, 2.24) is 5.32 Å². The molecule has 4 atom stereocenters. The molecule has 1 aliphatic heterocycles. The zero-order valence-corrected chi connectivity index (χ0v) is 13.5. The van der Waals surface area contributed by atoms with Crippen molar-refractivity contribution in [2.24, 2.45) is 11.8 Å². The number of Topliss-reactive ketones (excluding diaryl/α,β-unsaturated/α-hetero) is 1. The van der Waals surface area contributed by atoms with Gasteiger partial charge in [0.1, 0.15) is 11.5 Å². The highest BCUT2D eigenvalue weighted by Gasteiger charge is 2.56. The summed E-state index contributed by atoms with van der Waals surface area (Å²) in [6, 6.07) is 7.03. The largest absolute Gasteiger partial charge is 0.497 e. The van der Waals surface area contributed by atoms with Crippen LogP contribution in [-0.4, -0.2) is 25.5 Å². The monoisotopic (exact) mass is 299 g/mol. The predicted molar refractivity (Wildman–Crippen MR) is 86.3 cm³/mol. The van der Waals surface area contributed by atoms with Crippen LogP contribution in [0.25, 0.3) is 0 Å². The van der Waals surface area contributed by atoms with E-state index < -0.39 is 0 Å². The third-order valence-corrected chi connectivity index (χ3v) is 6.38. The number of benzene rings is 1. The van der Waals surface area contributed by atoms with Crippen molar-refractivity contribution in [1.29, 1.82) is 0 Å². The van der Waals surface area contributed by atoms with Crippen LogP contribution < -0.4 is 10.1 Å². The van der Waals surface area contributed by atoms with Gasteiger partial charge in [-0.05, 0) is 54.5 Å². The topological polar surface area (TPSA) is 38.3 Å². The summed E-state index contributed by atoms with van der Waals surface area (Å²) >= 11 is 0. The Bertz CT molecular complexity index is 611. The lowest BCUT2D eigenvalue weighted by atomic mass is 9.49. The summed E-state index contributed by atoms with van der Waals surface area (Å²) in [6.45, 7) is 3.27. The number of hydrogen-bond acceptors (Lipinski definition) is 3. The normalized spacial score (nSPS) is 36.5. The average molecular weight is 299 g/mol. The van der Waals surface area contributed by atoms with Crippen molar-refractivity contribution >= 4 is 5.78 Å². The summed E-state index contributed by atoms with van der Waals surface area (Å²) in [5.74, 6) is 2.51. The molecule has 1 saturated heterocycles. The fraction of sp³-hybridized carbons (Fsp3) is 0.632. The summed E-state index contributed by atoms with van der Waals surface area (Å²) in [5, 5.41) is 3.75. The summed E-state index contributed by atoms with van der Waals surface area (Å²) in [6.07, 6.45) is 4.79. The van der Waals surface area contributed by atoms with Crippen LogP contribution in [0.5, 0.6) is 5.75 Å². The predicted octanol–water partition coefficient (Wildman–Crippen LogP) is 2.86. The van der Waals surface area contributed by atoms with E-state index >= 15 is 0 Å². The number of ketones is 1. The van der Waals surface area contributed by atoms with E-state index in [2.05, 4.69) is 30.4 Å². The van der Waals surface area contributed by atoms with Gasteiger partial charge in [-0.1, -0.05) is 19.4 Å². The SMILES string of the molecule is CC[C@@H]1CC(=O)C[C@]23CCN[C@H](Cc4ccc(OC)cc42)[C@H]13. The number of nitrogens with one attached hydrogen (secondary N) is 1. The molecule has 1 N–H and O–H groups in total. The van der Waals surface area contributed by atoms with Crippen molar-refractivity contribution in [2.75, 3.05) is 13.7 Å². The van der Waals surface area contributed by atoms with E-state index in [1.807, 2.05) is 0 Å². The average Bonchev–Trinajstić information content (AvgIpc) is 2.53. The second-order valence-corrected chi connectivity index (χ2v) is 7.31. The quantitative estimate of drug-likeness (QED) is 0.912. The molecule has 0 amide bonds.